The minimum atomic E-state index is -0.711. The fourth-order valence-electron chi connectivity index (χ4n) is 1.78. The number of carbonyl (C=O) groups is 1. The molecule has 2 unspecified atom stereocenters. The van der Waals surface area contributed by atoms with Gasteiger partial charge in [-0.25, -0.2) is 0 Å². The highest BCUT2D eigenvalue weighted by atomic mass is 35.5. The van der Waals surface area contributed by atoms with E-state index in [1.165, 1.54) is 0 Å². The monoisotopic (exact) mass is 255 g/mol. The molecule has 5 heteroatoms. The van der Waals surface area contributed by atoms with Crippen LogP contribution >= 0.6 is 11.6 Å². The van der Waals surface area contributed by atoms with Crippen LogP contribution in [0.2, 0.25) is 5.02 Å². The average molecular weight is 256 g/mol. The Balaban J connectivity index is 1.90. The lowest BCUT2D eigenvalue weighted by Crippen LogP contribution is -2.08. The van der Waals surface area contributed by atoms with Gasteiger partial charge in [-0.1, -0.05) is 11.6 Å². The zero-order valence-corrected chi connectivity index (χ0v) is 10.2. The molecule has 0 saturated heterocycles. The van der Waals surface area contributed by atoms with Gasteiger partial charge in [-0.3, -0.25) is 4.79 Å². The van der Waals surface area contributed by atoms with Gasteiger partial charge in [0.25, 0.3) is 0 Å². The minimum absolute atomic E-state index is 0.195. The number of methoxy groups -OCH3 is 1. The Morgan fingerprint density at radius 1 is 1.65 bits per heavy atom. The highest BCUT2D eigenvalue weighted by Gasteiger charge is 2.42. The van der Waals surface area contributed by atoms with Gasteiger partial charge >= 0.3 is 5.97 Å². The summed E-state index contributed by atoms with van der Waals surface area (Å²) in [6.07, 6.45) is 0.746. The Hall–Kier alpha value is -1.42. The third kappa shape index (κ3) is 2.82. The molecule has 1 aliphatic carbocycles. The predicted molar refractivity (Wildman–Crippen MR) is 65.7 cm³/mol. The molecule has 1 aromatic carbocycles. The summed E-state index contributed by atoms with van der Waals surface area (Å²) in [4.78, 5) is 10.7. The third-order valence-corrected chi connectivity index (χ3v) is 3.28. The zero-order chi connectivity index (χ0) is 12.4. The summed E-state index contributed by atoms with van der Waals surface area (Å²) in [6, 6.07) is 5.38. The van der Waals surface area contributed by atoms with E-state index in [0.29, 0.717) is 17.3 Å². The first-order chi connectivity index (χ1) is 8.11. The Morgan fingerprint density at radius 3 is 2.94 bits per heavy atom. The minimum Gasteiger partial charge on any atom is -0.497 e. The number of carboxylic acids is 1. The number of hydrogen-bond donors (Lipinski definition) is 2. The van der Waals surface area contributed by atoms with Gasteiger partial charge in [0.05, 0.1) is 23.7 Å². The lowest BCUT2D eigenvalue weighted by Gasteiger charge is -2.09. The van der Waals surface area contributed by atoms with Crippen molar-refractivity contribution >= 4 is 23.3 Å². The van der Waals surface area contributed by atoms with Crippen molar-refractivity contribution in [1.29, 1.82) is 0 Å². The number of hydrogen-bond acceptors (Lipinski definition) is 3. The van der Waals surface area contributed by atoms with Crippen LogP contribution < -0.4 is 10.1 Å². The van der Waals surface area contributed by atoms with Gasteiger partial charge in [0.15, 0.2) is 0 Å². The van der Waals surface area contributed by atoms with Crippen molar-refractivity contribution < 1.29 is 14.6 Å². The fraction of sp³-hybridized carbons (Fsp3) is 0.417. The third-order valence-electron chi connectivity index (χ3n) is 2.97. The Morgan fingerprint density at radius 2 is 2.41 bits per heavy atom. The molecule has 1 aliphatic rings. The van der Waals surface area contributed by atoms with Crippen LogP contribution in [0.1, 0.15) is 6.42 Å². The molecule has 92 valence electrons. The van der Waals surface area contributed by atoms with E-state index in [-0.39, 0.29) is 11.8 Å². The molecule has 0 amide bonds. The predicted octanol–water partition coefficient (Wildman–Crippen LogP) is 2.48. The number of anilines is 1. The summed E-state index contributed by atoms with van der Waals surface area (Å²) >= 11 is 6.05. The molecule has 0 heterocycles. The van der Waals surface area contributed by atoms with E-state index < -0.39 is 5.97 Å². The lowest BCUT2D eigenvalue weighted by atomic mass is 10.2. The first-order valence-corrected chi connectivity index (χ1v) is 5.80. The molecule has 1 saturated carbocycles. The SMILES string of the molecule is COc1ccc(NCC2CC2C(=O)O)c(Cl)c1. The average Bonchev–Trinajstić information content (AvgIpc) is 3.07. The first kappa shape index (κ1) is 12.0. The molecule has 1 aromatic rings. The van der Waals surface area contributed by atoms with Gasteiger partial charge in [-0.15, -0.1) is 0 Å². The highest BCUT2D eigenvalue weighted by Crippen LogP contribution is 2.39. The fourth-order valence-corrected chi connectivity index (χ4v) is 2.02. The summed E-state index contributed by atoms with van der Waals surface area (Å²) in [5.74, 6) is 0.0122. The van der Waals surface area contributed by atoms with Crippen LogP contribution in [0, 0.1) is 11.8 Å². The molecule has 2 atom stereocenters. The number of carboxylic acid groups (broad SMARTS) is 1. The van der Waals surface area contributed by atoms with Crippen molar-refractivity contribution in [2.24, 2.45) is 11.8 Å². The maximum absolute atomic E-state index is 10.7. The van der Waals surface area contributed by atoms with Crippen molar-refractivity contribution in [3.8, 4) is 5.75 Å². The number of aliphatic carboxylic acids is 1. The maximum atomic E-state index is 10.7. The van der Waals surface area contributed by atoms with Crippen molar-refractivity contribution in [1.82, 2.24) is 0 Å². The van der Waals surface area contributed by atoms with E-state index in [1.807, 2.05) is 12.1 Å². The van der Waals surface area contributed by atoms with Crippen molar-refractivity contribution in [2.75, 3.05) is 19.0 Å². The largest absolute Gasteiger partial charge is 0.497 e. The van der Waals surface area contributed by atoms with Crippen molar-refractivity contribution in [3.05, 3.63) is 23.2 Å². The molecule has 1 fully saturated rings. The first-order valence-electron chi connectivity index (χ1n) is 5.42. The van der Waals surface area contributed by atoms with E-state index in [9.17, 15) is 4.79 Å². The molecule has 0 radical (unpaired) electrons. The zero-order valence-electron chi connectivity index (χ0n) is 9.44. The molecule has 2 rings (SSSR count). The standard InChI is InChI=1S/C12H14ClNO3/c1-17-8-2-3-11(10(13)5-8)14-6-7-4-9(7)12(15)16/h2-3,5,7,9,14H,4,6H2,1H3,(H,15,16). The summed E-state index contributed by atoms with van der Waals surface area (Å²) in [6.45, 7) is 0.642. The molecule has 4 nitrogen and oxygen atoms in total. The summed E-state index contributed by atoms with van der Waals surface area (Å²) in [7, 11) is 1.58. The number of benzene rings is 1. The molecule has 0 bridgehead atoms. The molecule has 17 heavy (non-hydrogen) atoms. The molecule has 0 spiro atoms. The highest BCUT2D eigenvalue weighted by molar-refractivity contribution is 6.33. The maximum Gasteiger partial charge on any atom is 0.306 e. The van der Waals surface area contributed by atoms with Crippen LogP contribution in [0.4, 0.5) is 5.69 Å². The van der Waals surface area contributed by atoms with E-state index in [1.54, 1.807) is 13.2 Å². The molecular formula is C12H14ClNO3. The van der Waals surface area contributed by atoms with E-state index in [0.717, 1.165) is 12.1 Å². The normalized spacial score (nSPS) is 22.0. The summed E-state index contributed by atoms with van der Waals surface area (Å²) < 4.78 is 5.05. The van der Waals surface area contributed by atoms with Gasteiger partial charge in [-0.05, 0) is 24.5 Å². The van der Waals surface area contributed by atoms with E-state index in [2.05, 4.69) is 5.32 Å². The second-order valence-electron chi connectivity index (χ2n) is 4.17. The second kappa shape index (κ2) is 4.84. The van der Waals surface area contributed by atoms with Gasteiger partial charge < -0.3 is 15.2 Å². The van der Waals surface area contributed by atoms with Crippen LogP contribution in [0.5, 0.6) is 5.75 Å². The van der Waals surface area contributed by atoms with Gasteiger partial charge in [0.2, 0.25) is 0 Å². The van der Waals surface area contributed by atoms with Gasteiger partial charge in [-0.2, -0.15) is 0 Å². The van der Waals surface area contributed by atoms with Crippen LogP contribution in [-0.2, 0) is 4.79 Å². The molecule has 2 N–H and O–H groups in total. The van der Waals surface area contributed by atoms with E-state index in [4.69, 9.17) is 21.4 Å². The smallest absolute Gasteiger partial charge is 0.306 e. The van der Waals surface area contributed by atoms with Gasteiger partial charge in [0.1, 0.15) is 5.75 Å². The van der Waals surface area contributed by atoms with Crippen LogP contribution in [0.3, 0.4) is 0 Å². The van der Waals surface area contributed by atoms with E-state index >= 15 is 0 Å². The quantitative estimate of drug-likeness (QED) is 0.849. The van der Waals surface area contributed by atoms with Crippen LogP contribution in [-0.4, -0.2) is 24.7 Å². The Bertz CT molecular complexity index is 436. The number of rotatable bonds is 5. The van der Waals surface area contributed by atoms with Crippen molar-refractivity contribution in [2.45, 2.75) is 6.42 Å². The summed E-state index contributed by atoms with van der Waals surface area (Å²) in [5, 5.41) is 12.5. The second-order valence-corrected chi connectivity index (χ2v) is 4.57. The molecule has 0 aliphatic heterocycles. The Kier molecular flexibility index (Phi) is 3.43. The topological polar surface area (TPSA) is 58.6 Å². The molecule has 0 aromatic heterocycles. The van der Waals surface area contributed by atoms with Gasteiger partial charge in [0, 0.05) is 12.6 Å². The number of nitrogens with one attached hydrogen (secondary N) is 1. The number of ether oxygens (including phenoxy) is 1. The summed E-state index contributed by atoms with van der Waals surface area (Å²) in [5.41, 5.74) is 0.809. The van der Waals surface area contributed by atoms with Crippen molar-refractivity contribution in [3.63, 3.8) is 0 Å². The Labute approximate surface area is 105 Å². The molecular weight excluding hydrogens is 242 g/mol. The number of halogens is 1. The lowest BCUT2D eigenvalue weighted by molar-refractivity contribution is -0.138. The van der Waals surface area contributed by atoms with Crippen LogP contribution in [0.15, 0.2) is 18.2 Å². The van der Waals surface area contributed by atoms with Crippen LogP contribution in [0.25, 0.3) is 0 Å².